The van der Waals surface area contributed by atoms with E-state index in [0.29, 0.717) is 18.0 Å². The van der Waals surface area contributed by atoms with E-state index in [0.717, 1.165) is 31.4 Å². The van der Waals surface area contributed by atoms with Gasteiger partial charge in [-0.3, -0.25) is 4.79 Å². The Balaban J connectivity index is 1.97. The second-order valence-electron chi connectivity index (χ2n) is 5.81. The van der Waals surface area contributed by atoms with Gasteiger partial charge in [-0.05, 0) is 43.0 Å². The number of nitrogens with one attached hydrogen (secondary N) is 1. The predicted octanol–water partition coefficient (Wildman–Crippen LogP) is 2.29. The summed E-state index contributed by atoms with van der Waals surface area (Å²) in [6.07, 6.45) is 3.23. The lowest BCUT2D eigenvalue weighted by Crippen LogP contribution is -2.49. The van der Waals surface area contributed by atoms with Crippen molar-refractivity contribution >= 4 is 5.91 Å². The smallest absolute Gasteiger partial charge is 0.239 e. The first-order valence-corrected chi connectivity index (χ1v) is 7.61. The molecule has 2 atom stereocenters. The Kier molecular flexibility index (Phi) is 5.35. The van der Waals surface area contributed by atoms with Crippen LogP contribution in [0.1, 0.15) is 37.3 Å². The molecule has 1 aliphatic heterocycles. The van der Waals surface area contributed by atoms with Crippen LogP contribution in [0.2, 0.25) is 0 Å². The highest BCUT2D eigenvalue weighted by Crippen LogP contribution is 2.20. The lowest BCUT2D eigenvalue weighted by atomic mass is 9.90. The SMILES string of the molecule is CCC1CCNC(C(=O)N(C)Cc2cccc(C#N)c2)C1. The molecule has 1 N–H and O–H groups in total. The zero-order valence-corrected chi connectivity index (χ0v) is 12.8. The summed E-state index contributed by atoms with van der Waals surface area (Å²) in [7, 11) is 1.83. The molecule has 4 nitrogen and oxygen atoms in total. The molecule has 1 aromatic carbocycles. The maximum absolute atomic E-state index is 12.5. The van der Waals surface area contributed by atoms with Gasteiger partial charge in [-0.25, -0.2) is 0 Å². The van der Waals surface area contributed by atoms with Gasteiger partial charge in [0, 0.05) is 13.6 Å². The standard InChI is InChI=1S/C17H23N3O/c1-3-13-7-8-19-16(10-13)17(21)20(2)12-15-6-4-5-14(9-15)11-18/h4-6,9,13,16,19H,3,7-8,10,12H2,1-2H3. The zero-order valence-electron chi connectivity index (χ0n) is 12.8. The molecule has 0 aliphatic carbocycles. The van der Waals surface area contributed by atoms with Gasteiger partial charge in [0.2, 0.25) is 5.91 Å². The monoisotopic (exact) mass is 285 g/mol. The first-order valence-electron chi connectivity index (χ1n) is 7.61. The van der Waals surface area contributed by atoms with Crippen LogP contribution in [0.3, 0.4) is 0 Å². The second kappa shape index (κ2) is 7.24. The lowest BCUT2D eigenvalue weighted by molar-refractivity contribution is -0.133. The summed E-state index contributed by atoms with van der Waals surface area (Å²) >= 11 is 0. The van der Waals surface area contributed by atoms with Crippen LogP contribution in [-0.4, -0.2) is 30.4 Å². The molecule has 112 valence electrons. The average molecular weight is 285 g/mol. The van der Waals surface area contributed by atoms with Crippen molar-refractivity contribution in [2.75, 3.05) is 13.6 Å². The van der Waals surface area contributed by atoms with Gasteiger partial charge in [0.1, 0.15) is 0 Å². The fourth-order valence-corrected chi connectivity index (χ4v) is 2.91. The van der Waals surface area contributed by atoms with E-state index in [1.807, 2.05) is 25.2 Å². The van der Waals surface area contributed by atoms with Crippen LogP contribution in [0.5, 0.6) is 0 Å². The van der Waals surface area contributed by atoms with Gasteiger partial charge in [-0.1, -0.05) is 25.5 Å². The number of likely N-dealkylation sites (N-methyl/N-ethyl adjacent to an activating group) is 1. The van der Waals surface area contributed by atoms with Gasteiger partial charge in [0.15, 0.2) is 0 Å². The summed E-state index contributed by atoms with van der Waals surface area (Å²) < 4.78 is 0. The summed E-state index contributed by atoms with van der Waals surface area (Å²) in [5.41, 5.74) is 1.63. The number of carbonyl (C=O) groups is 1. The molecule has 1 aliphatic rings. The quantitative estimate of drug-likeness (QED) is 0.923. The van der Waals surface area contributed by atoms with Crippen LogP contribution in [0.15, 0.2) is 24.3 Å². The summed E-state index contributed by atoms with van der Waals surface area (Å²) in [6.45, 7) is 3.66. The third kappa shape index (κ3) is 4.05. The van der Waals surface area contributed by atoms with Crippen LogP contribution >= 0.6 is 0 Å². The topological polar surface area (TPSA) is 56.1 Å². The average Bonchev–Trinajstić information content (AvgIpc) is 2.54. The van der Waals surface area contributed by atoms with Crippen LogP contribution < -0.4 is 5.32 Å². The Morgan fingerprint density at radius 3 is 3.05 bits per heavy atom. The Morgan fingerprint density at radius 1 is 1.52 bits per heavy atom. The number of amides is 1. The van der Waals surface area contributed by atoms with E-state index in [1.165, 1.54) is 0 Å². The Morgan fingerprint density at radius 2 is 2.33 bits per heavy atom. The Hall–Kier alpha value is -1.86. The second-order valence-corrected chi connectivity index (χ2v) is 5.81. The highest BCUT2D eigenvalue weighted by atomic mass is 16.2. The number of piperidine rings is 1. The molecular weight excluding hydrogens is 262 g/mol. The first-order chi connectivity index (χ1) is 10.1. The van der Waals surface area contributed by atoms with Crippen molar-refractivity contribution in [3.05, 3.63) is 35.4 Å². The number of benzene rings is 1. The van der Waals surface area contributed by atoms with E-state index in [9.17, 15) is 4.79 Å². The van der Waals surface area contributed by atoms with Crippen LogP contribution in [0.4, 0.5) is 0 Å². The summed E-state index contributed by atoms with van der Waals surface area (Å²) in [4.78, 5) is 14.3. The van der Waals surface area contributed by atoms with Crippen molar-refractivity contribution in [1.29, 1.82) is 5.26 Å². The van der Waals surface area contributed by atoms with Crippen LogP contribution in [0.25, 0.3) is 0 Å². The van der Waals surface area contributed by atoms with Gasteiger partial charge in [0.25, 0.3) is 0 Å². The third-order valence-electron chi connectivity index (χ3n) is 4.24. The molecule has 4 heteroatoms. The number of hydrogen-bond donors (Lipinski definition) is 1. The molecule has 0 bridgehead atoms. The van der Waals surface area contributed by atoms with Crippen molar-refractivity contribution in [1.82, 2.24) is 10.2 Å². The molecule has 2 rings (SSSR count). The van der Waals surface area contributed by atoms with Crippen LogP contribution in [0, 0.1) is 17.2 Å². The summed E-state index contributed by atoms with van der Waals surface area (Å²) in [5.74, 6) is 0.797. The normalized spacial score (nSPS) is 21.6. The molecule has 1 aromatic rings. The molecule has 0 aromatic heterocycles. The minimum atomic E-state index is -0.0622. The molecule has 0 spiro atoms. The van der Waals surface area contributed by atoms with E-state index < -0.39 is 0 Å². The van der Waals surface area contributed by atoms with Gasteiger partial charge < -0.3 is 10.2 Å². The molecule has 21 heavy (non-hydrogen) atoms. The van der Waals surface area contributed by atoms with Crippen molar-refractivity contribution in [2.24, 2.45) is 5.92 Å². The van der Waals surface area contributed by atoms with Gasteiger partial charge in [0.05, 0.1) is 17.7 Å². The van der Waals surface area contributed by atoms with Gasteiger partial charge in [-0.2, -0.15) is 5.26 Å². The number of nitriles is 1. The molecular formula is C17H23N3O. The zero-order chi connectivity index (χ0) is 15.2. The first kappa shape index (κ1) is 15.5. The number of rotatable bonds is 4. The van der Waals surface area contributed by atoms with Gasteiger partial charge in [-0.15, -0.1) is 0 Å². The summed E-state index contributed by atoms with van der Waals surface area (Å²) in [5, 5.41) is 12.3. The summed E-state index contributed by atoms with van der Waals surface area (Å²) in [6, 6.07) is 9.50. The largest absolute Gasteiger partial charge is 0.340 e. The number of carbonyl (C=O) groups excluding carboxylic acids is 1. The molecule has 1 amide bonds. The van der Waals surface area contributed by atoms with Crippen molar-refractivity contribution in [3.63, 3.8) is 0 Å². The highest BCUT2D eigenvalue weighted by molar-refractivity contribution is 5.81. The molecule has 1 heterocycles. The van der Waals surface area contributed by atoms with Gasteiger partial charge >= 0.3 is 0 Å². The van der Waals surface area contributed by atoms with Crippen molar-refractivity contribution in [2.45, 2.75) is 38.8 Å². The molecule has 0 saturated carbocycles. The van der Waals surface area contributed by atoms with E-state index in [1.54, 1.807) is 11.0 Å². The predicted molar refractivity (Wildman–Crippen MR) is 82.4 cm³/mol. The van der Waals surface area contributed by atoms with Crippen molar-refractivity contribution < 1.29 is 4.79 Å². The van der Waals surface area contributed by atoms with E-state index in [4.69, 9.17) is 5.26 Å². The highest BCUT2D eigenvalue weighted by Gasteiger charge is 2.27. The Bertz CT molecular complexity index is 535. The fraction of sp³-hybridized carbons (Fsp3) is 0.529. The van der Waals surface area contributed by atoms with E-state index >= 15 is 0 Å². The maximum Gasteiger partial charge on any atom is 0.239 e. The maximum atomic E-state index is 12.5. The van der Waals surface area contributed by atoms with Crippen molar-refractivity contribution in [3.8, 4) is 6.07 Å². The number of nitrogens with zero attached hydrogens (tertiary/aromatic N) is 2. The van der Waals surface area contributed by atoms with E-state index in [-0.39, 0.29) is 11.9 Å². The van der Waals surface area contributed by atoms with E-state index in [2.05, 4.69) is 18.3 Å². The molecule has 1 saturated heterocycles. The third-order valence-corrected chi connectivity index (χ3v) is 4.24. The minimum Gasteiger partial charge on any atom is -0.340 e. The lowest BCUT2D eigenvalue weighted by Gasteiger charge is -2.31. The minimum absolute atomic E-state index is 0.0622. The molecule has 1 fully saturated rings. The Labute approximate surface area is 126 Å². The van der Waals surface area contributed by atoms with Crippen LogP contribution in [-0.2, 0) is 11.3 Å². The fourth-order valence-electron chi connectivity index (χ4n) is 2.91. The molecule has 2 unspecified atom stereocenters. The number of hydrogen-bond acceptors (Lipinski definition) is 3. The molecule has 0 radical (unpaired) electrons.